The van der Waals surface area contributed by atoms with Crippen molar-refractivity contribution >= 4 is 0 Å². The Bertz CT molecular complexity index is 305. The van der Waals surface area contributed by atoms with E-state index in [1.54, 1.807) is 0 Å². The van der Waals surface area contributed by atoms with Crippen molar-refractivity contribution in [3.8, 4) is 0 Å². The summed E-state index contributed by atoms with van der Waals surface area (Å²) in [4.78, 5) is 4.06. The van der Waals surface area contributed by atoms with Gasteiger partial charge in [0.1, 0.15) is 0 Å². The lowest BCUT2D eigenvalue weighted by atomic mass is 9.68. The van der Waals surface area contributed by atoms with E-state index < -0.39 is 0 Å². The maximum absolute atomic E-state index is 4.06. The number of nitrogens with zero attached hydrogens (tertiary/aromatic N) is 1. The molecule has 3 rings (SSSR count). The Labute approximate surface area is 84.7 Å². The summed E-state index contributed by atoms with van der Waals surface area (Å²) in [5.74, 6) is 1.89. The first-order chi connectivity index (χ1) is 6.95. The fraction of sp³-hybridized carbons (Fsp3) is 0.583. The van der Waals surface area contributed by atoms with Gasteiger partial charge in [-0.05, 0) is 29.5 Å². The molecule has 1 aliphatic carbocycles. The summed E-state index contributed by atoms with van der Waals surface area (Å²) in [6.07, 6.45) is 8.15. The van der Waals surface area contributed by atoms with Gasteiger partial charge in [0, 0.05) is 25.0 Å². The average Bonchev–Trinajstić information content (AvgIpc) is 2.11. The Morgan fingerprint density at radius 1 is 1.21 bits per heavy atom. The Morgan fingerprint density at radius 2 is 2.00 bits per heavy atom. The van der Waals surface area contributed by atoms with Crippen LogP contribution in [0.1, 0.15) is 30.9 Å². The van der Waals surface area contributed by atoms with Crippen molar-refractivity contribution in [1.82, 2.24) is 10.3 Å². The first-order valence-corrected chi connectivity index (χ1v) is 5.58. The number of aromatic nitrogens is 1. The molecule has 1 aliphatic heterocycles. The van der Waals surface area contributed by atoms with E-state index in [-0.39, 0.29) is 0 Å². The Morgan fingerprint density at radius 3 is 2.50 bits per heavy atom. The van der Waals surface area contributed by atoms with E-state index >= 15 is 0 Å². The van der Waals surface area contributed by atoms with Crippen LogP contribution < -0.4 is 5.32 Å². The van der Waals surface area contributed by atoms with Crippen LogP contribution in [0.15, 0.2) is 24.5 Å². The van der Waals surface area contributed by atoms with Crippen molar-refractivity contribution in [1.29, 1.82) is 0 Å². The Kier molecular flexibility index (Phi) is 2.02. The van der Waals surface area contributed by atoms with Gasteiger partial charge in [0.25, 0.3) is 0 Å². The van der Waals surface area contributed by atoms with E-state index in [1.807, 2.05) is 12.4 Å². The summed E-state index contributed by atoms with van der Waals surface area (Å²) < 4.78 is 0. The standard InChI is InChI=1S/C12H16N2/c1-2-9(3-1)11-8-14-12(11)10-4-6-13-7-5-10/h4-7,9,11-12,14H,1-3,8H2. The average molecular weight is 188 g/mol. The zero-order valence-electron chi connectivity index (χ0n) is 8.32. The Hall–Kier alpha value is -0.890. The van der Waals surface area contributed by atoms with Crippen LogP contribution >= 0.6 is 0 Å². The van der Waals surface area contributed by atoms with Gasteiger partial charge in [0.2, 0.25) is 0 Å². The highest BCUT2D eigenvalue weighted by atomic mass is 15.0. The molecule has 2 atom stereocenters. The topological polar surface area (TPSA) is 24.9 Å². The maximum atomic E-state index is 4.06. The van der Waals surface area contributed by atoms with Crippen molar-refractivity contribution in [3.05, 3.63) is 30.1 Å². The molecular formula is C12H16N2. The van der Waals surface area contributed by atoms with E-state index in [9.17, 15) is 0 Å². The number of hydrogen-bond donors (Lipinski definition) is 1. The highest BCUT2D eigenvalue weighted by molar-refractivity contribution is 5.19. The van der Waals surface area contributed by atoms with Crippen LogP contribution in [0.5, 0.6) is 0 Å². The Balaban J connectivity index is 1.73. The third kappa shape index (κ3) is 1.25. The fourth-order valence-corrected chi connectivity index (χ4v) is 2.61. The summed E-state index contributed by atoms with van der Waals surface area (Å²) in [6.45, 7) is 1.22. The van der Waals surface area contributed by atoms with Crippen molar-refractivity contribution in [2.24, 2.45) is 11.8 Å². The van der Waals surface area contributed by atoms with Crippen LogP contribution in [0.25, 0.3) is 0 Å². The molecular weight excluding hydrogens is 172 g/mol. The van der Waals surface area contributed by atoms with Gasteiger partial charge < -0.3 is 5.32 Å². The van der Waals surface area contributed by atoms with Gasteiger partial charge in [-0.3, -0.25) is 4.98 Å². The van der Waals surface area contributed by atoms with E-state index in [1.165, 1.54) is 31.4 Å². The maximum Gasteiger partial charge on any atom is 0.0364 e. The predicted octanol–water partition coefficient (Wildman–Crippen LogP) is 2.14. The number of pyridine rings is 1. The number of rotatable bonds is 2. The molecule has 2 unspecified atom stereocenters. The van der Waals surface area contributed by atoms with Crippen LogP contribution in [0, 0.1) is 11.8 Å². The largest absolute Gasteiger partial charge is 0.309 e. The third-order valence-corrected chi connectivity index (χ3v) is 3.82. The van der Waals surface area contributed by atoms with Gasteiger partial charge >= 0.3 is 0 Å². The predicted molar refractivity (Wildman–Crippen MR) is 55.8 cm³/mol. The van der Waals surface area contributed by atoms with Crippen molar-refractivity contribution < 1.29 is 0 Å². The second-order valence-corrected chi connectivity index (χ2v) is 4.52. The van der Waals surface area contributed by atoms with Gasteiger partial charge in [-0.1, -0.05) is 19.3 Å². The summed E-state index contributed by atoms with van der Waals surface area (Å²) >= 11 is 0. The molecule has 14 heavy (non-hydrogen) atoms. The second-order valence-electron chi connectivity index (χ2n) is 4.52. The first-order valence-electron chi connectivity index (χ1n) is 5.58. The smallest absolute Gasteiger partial charge is 0.0364 e. The van der Waals surface area contributed by atoms with Crippen molar-refractivity contribution in [2.75, 3.05) is 6.54 Å². The summed E-state index contributed by atoms with van der Waals surface area (Å²) in [5.41, 5.74) is 1.42. The van der Waals surface area contributed by atoms with Crippen LogP contribution in [0.2, 0.25) is 0 Å². The summed E-state index contributed by atoms with van der Waals surface area (Å²) in [7, 11) is 0. The molecule has 0 amide bonds. The van der Waals surface area contributed by atoms with E-state index in [4.69, 9.17) is 0 Å². The number of hydrogen-bond acceptors (Lipinski definition) is 2. The van der Waals surface area contributed by atoms with Gasteiger partial charge in [-0.2, -0.15) is 0 Å². The van der Waals surface area contributed by atoms with Gasteiger partial charge in [0.05, 0.1) is 0 Å². The molecule has 0 aromatic carbocycles. The number of nitrogens with one attached hydrogen (secondary N) is 1. The molecule has 2 aliphatic rings. The van der Waals surface area contributed by atoms with Crippen LogP contribution in [-0.2, 0) is 0 Å². The molecule has 0 radical (unpaired) electrons. The van der Waals surface area contributed by atoms with E-state index in [2.05, 4.69) is 22.4 Å². The van der Waals surface area contributed by atoms with Crippen molar-refractivity contribution in [2.45, 2.75) is 25.3 Å². The molecule has 0 bridgehead atoms. The molecule has 2 heteroatoms. The molecule has 1 saturated carbocycles. The van der Waals surface area contributed by atoms with Crippen LogP contribution in [0.4, 0.5) is 0 Å². The zero-order chi connectivity index (χ0) is 9.38. The molecule has 1 aromatic heterocycles. The summed E-state index contributed by atoms with van der Waals surface area (Å²) in [6, 6.07) is 4.90. The summed E-state index contributed by atoms with van der Waals surface area (Å²) in [5, 5.41) is 3.53. The van der Waals surface area contributed by atoms with Gasteiger partial charge in [0.15, 0.2) is 0 Å². The second kappa shape index (κ2) is 3.35. The molecule has 1 aromatic rings. The molecule has 2 fully saturated rings. The molecule has 1 saturated heterocycles. The quantitative estimate of drug-likeness (QED) is 0.769. The zero-order valence-corrected chi connectivity index (χ0v) is 8.32. The monoisotopic (exact) mass is 188 g/mol. The molecule has 74 valence electrons. The molecule has 1 N–H and O–H groups in total. The third-order valence-electron chi connectivity index (χ3n) is 3.82. The lowest BCUT2D eigenvalue weighted by Gasteiger charge is -2.46. The van der Waals surface area contributed by atoms with Crippen molar-refractivity contribution in [3.63, 3.8) is 0 Å². The lowest BCUT2D eigenvalue weighted by Crippen LogP contribution is -2.50. The van der Waals surface area contributed by atoms with E-state index in [0.717, 1.165) is 11.8 Å². The SMILES string of the molecule is c1cc(C2NCC2C2CCC2)ccn1. The van der Waals surface area contributed by atoms with E-state index in [0.29, 0.717) is 6.04 Å². The highest BCUT2D eigenvalue weighted by Gasteiger charge is 2.39. The molecule has 2 nitrogen and oxygen atoms in total. The molecule has 0 spiro atoms. The minimum Gasteiger partial charge on any atom is -0.309 e. The lowest BCUT2D eigenvalue weighted by molar-refractivity contribution is 0.0941. The normalized spacial score (nSPS) is 32.0. The van der Waals surface area contributed by atoms with Crippen LogP contribution in [-0.4, -0.2) is 11.5 Å². The first kappa shape index (κ1) is 8.42. The minimum absolute atomic E-state index is 0.614. The fourth-order valence-electron chi connectivity index (χ4n) is 2.61. The van der Waals surface area contributed by atoms with Gasteiger partial charge in [-0.15, -0.1) is 0 Å². The highest BCUT2D eigenvalue weighted by Crippen LogP contribution is 2.43. The molecule has 2 heterocycles. The van der Waals surface area contributed by atoms with Gasteiger partial charge in [-0.25, -0.2) is 0 Å². The van der Waals surface area contributed by atoms with Crippen LogP contribution in [0.3, 0.4) is 0 Å². The minimum atomic E-state index is 0.614.